The molecule has 0 heterocycles. The molecule has 1 aromatic rings. The minimum atomic E-state index is -0.253. The Morgan fingerprint density at radius 3 is 2.67 bits per heavy atom. The molecule has 0 saturated heterocycles. The Morgan fingerprint density at radius 2 is 2.06 bits per heavy atom. The highest BCUT2D eigenvalue weighted by Crippen LogP contribution is 2.26. The van der Waals surface area contributed by atoms with Crippen LogP contribution in [0.25, 0.3) is 0 Å². The SMILES string of the molecule is CCC(CC)Oc1c(F)cccc1CNC1CC1. The summed E-state index contributed by atoms with van der Waals surface area (Å²) in [5.41, 5.74) is 0.925. The summed E-state index contributed by atoms with van der Waals surface area (Å²) in [5, 5.41) is 3.40. The van der Waals surface area contributed by atoms with E-state index in [9.17, 15) is 4.39 Å². The van der Waals surface area contributed by atoms with Crippen molar-refractivity contribution in [2.24, 2.45) is 0 Å². The summed E-state index contributed by atoms with van der Waals surface area (Å²) >= 11 is 0. The van der Waals surface area contributed by atoms with Gasteiger partial charge in [-0.2, -0.15) is 0 Å². The molecule has 3 heteroatoms. The van der Waals surface area contributed by atoms with Crippen LogP contribution in [0.5, 0.6) is 5.75 Å². The molecule has 100 valence electrons. The lowest BCUT2D eigenvalue weighted by molar-refractivity contribution is 0.182. The maximum absolute atomic E-state index is 13.9. The first-order chi connectivity index (χ1) is 8.74. The van der Waals surface area contributed by atoms with Crippen LogP contribution in [0.3, 0.4) is 0 Å². The third-order valence-electron chi connectivity index (χ3n) is 3.40. The van der Waals surface area contributed by atoms with Gasteiger partial charge in [0.25, 0.3) is 0 Å². The van der Waals surface area contributed by atoms with Crippen molar-refractivity contribution in [1.82, 2.24) is 5.32 Å². The molecule has 0 amide bonds. The first-order valence-electron chi connectivity index (χ1n) is 6.92. The van der Waals surface area contributed by atoms with E-state index in [2.05, 4.69) is 19.2 Å². The smallest absolute Gasteiger partial charge is 0.165 e. The molecule has 0 aromatic heterocycles. The maximum atomic E-state index is 13.9. The van der Waals surface area contributed by atoms with Gasteiger partial charge in [-0.3, -0.25) is 0 Å². The molecule has 2 nitrogen and oxygen atoms in total. The van der Waals surface area contributed by atoms with Crippen LogP contribution in [0.2, 0.25) is 0 Å². The molecule has 0 unspecified atom stereocenters. The van der Waals surface area contributed by atoms with E-state index in [1.165, 1.54) is 18.9 Å². The van der Waals surface area contributed by atoms with Gasteiger partial charge in [0, 0.05) is 18.2 Å². The first kappa shape index (κ1) is 13.3. The monoisotopic (exact) mass is 251 g/mol. The van der Waals surface area contributed by atoms with E-state index in [0.717, 1.165) is 18.4 Å². The lowest BCUT2D eigenvalue weighted by Crippen LogP contribution is -2.19. The molecule has 0 radical (unpaired) electrons. The highest BCUT2D eigenvalue weighted by Gasteiger charge is 2.21. The fraction of sp³-hybridized carbons (Fsp3) is 0.600. The Kier molecular flexibility index (Phi) is 4.59. The normalized spacial score (nSPS) is 15.1. The molecule has 1 aromatic carbocycles. The van der Waals surface area contributed by atoms with Gasteiger partial charge in [0.05, 0.1) is 6.10 Å². The quantitative estimate of drug-likeness (QED) is 0.798. The third kappa shape index (κ3) is 3.45. The van der Waals surface area contributed by atoms with Crippen LogP contribution in [-0.2, 0) is 6.54 Å². The van der Waals surface area contributed by atoms with Gasteiger partial charge in [0.2, 0.25) is 0 Å². The second-order valence-corrected chi connectivity index (χ2v) is 4.94. The number of hydrogen-bond donors (Lipinski definition) is 1. The van der Waals surface area contributed by atoms with Gasteiger partial charge in [0.15, 0.2) is 11.6 Å². The molecule has 1 fully saturated rings. The van der Waals surface area contributed by atoms with Crippen LogP contribution in [0.4, 0.5) is 4.39 Å². The van der Waals surface area contributed by atoms with Crippen LogP contribution in [0.1, 0.15) is 45.1 Å². The summed E-state index contributed by atoms with van der Waals surface area (Å²) in [6.07, 6.45) is 4.37. The molecule has 2 rings (SSSR count). The molecule has 0 spiro atoms. The summed E-state index contributed by atoms with van der Waals surface area (Å²) in [6, 6.07) is 5.78. The van der Waals surface area contributed by atoms with Gasteiger partial charge in [-0.05, 0) is 31.7 Å². The summed E-state index contributed by atoms with van der Waals surface area (Å²) in [4.78, 5) is 0. The second kappa shape index (κ2) is 6.19. The zero-order chi connectivity index (χ0) is 13.0. The molecule has 18 heavy (non-hydrogen) atoms. The highest BCUT2D eigenvalue weighted by atomic mass is 19.1. The van der Waals surface area contributed by atoms with Crippen molar-refractivity contribution in [3.63, 3.8) is 0 Å². The van der Waals surface area contributed by atoms with E-state index >= 15 is 0 Å². The number of nitrogens with one attached hydrogen (secondary N) is 1. The molecular weight excluding hydrogens is 229 g/mol. The van der Waals surface area contributed by atoms with Crippen LogP contribution in [0, 0.1) is 5.82 Å². The van der Waals surface area contributed by atoms with E-state index in [1.54, 1.807) is 6.07 Å². The molecule has 1 N–H and O–H groups in total. The van der Waals surface area contributed by atoms with Gasteiger partial charge < -0.3 is 10.1 Å². The van der Waals surface area contributed by atoms with Gasteiger partial charge in [-0.1, -0.05) is 26.0 Å². The second-order valence-electron chi connectivity index (χ2n) is 4.94. The number of rotatable bonds is 7. The fourth-order valence-corrected chi connectivity index (χ4v) is 1.99. The predicted octanol–water partition coefficient (Wildman–Crippen LogP) is 3.65. The lowest BCUT2D eigenvalue weighted by atomic mass is 10.1. The van der Waals surface area contributed by atoms with Crippen LogP contribution < -0.4 is 10.1 Å². The average Bonchev–Trinajstić information content (AvgIpc) is 3.19. The topological polar surface area (TPSA) is 21.3 Å². The maximum Gasteiger partial charge on any atom is 0.165 e. The molecule has 0 aliphatic heterocycles. The number of halogens is 1. The third-order valence-corrected chi connectivity index (χ3v) is 3.40. The molecule has 1 aliphatic rings. The standard InChI is InChI=1S/C15H22FNO/c1-3-13(4-2)18-15-11(6-5-7-14(15)16)10-17-12-8-9-12/h5-7,12-13,17H,3-4,8-10H2,1-2H3. The Morgan fingerprint density at radius 1 is 1.33 bits per heavy atom. The summed E-state index contributed by atoms with van der Waals surface area (Å²) in [7, 11) is 0. The fourth-order valence-electron chi connectivity index (χ4n) is 1.99. The number of ether oxygens (including phenoxy) is 1. The number of benzene rings is 1. The average molecular weight is 251 g/mol. The largest absolute Gasteiger partial charge is 0.487 e. The summed E-state index contributed by atoms with van der Waals surface area (Å²) in [5.74, 6) is 0.177. The van der Waals surface area contributed by atoms with Crippen molar-refractivity contribution in [2.75, 3.05) is 0 Å². The van der Waals surface area contributed by atoms with E-state index in [1.807, 2.05) is 6.07 Å². The molecule has 0 bridgehead atoms. The Balaban J connectivity index is 2.08. The van der Waals surface area contributed by atoms with Gasteiger partial charge in [-0.25, -0.2) is 4.39 Å². The van der Waals surface area contributed by atoms with Crippen molar-refractivity contribution in [3.8, 4) is 5.75 Å². The van der Waals surface area contributed by atoms with Gasteiger partial charge in [0.1, 0.15) is 0 Å². The van der Waals surface area contributed by atoms with E-state index in [0.29, 0.717) is 18.3 Å². The Labute approximate surface area is 109 Å². The van der Waals surface area contributed by atoms with Crippen LogP contribution in [0.15, 0.2) is 18.2 Å². The summed E-state index contributed by atoms with van der Waals surface area (Å²) < 4.78 is 19.7. The summed E-state index contributed by atoms with van der Waals surface area (Å²) in [6.45, 7) is 4.83. The van der Waals surface area contributed by atoms with Gasteiger partial charge >= 0.3 is 0 Å². The van der Waals surface area contributed by atoms with E-state index in [-0.39, 0.29) is 11.9 Å². The van der Waals surface area contributed by atoms with E-state index in [4.69, 9.17) is 4.74 Å². The molecular formula is C15H22FNO. The molecule has 0 atom stereocenters. The van der Waals surface area contributed by atoms with Crippen molar-refractivity contribution in [1.29, 1.82) is 0 Å². The highest BCUT2D eigenvalue weighted by molar-refractivity contribution is 5.35. The van der Waals surface area contributed by atoms with Crippen LogP contribution in [-0.4, -0.2) is 12.1 Å². The Bertz CT molecular complexity index is 386. The van der Waals surface area contributed by atoms with Crippen molar-refractivity contribution in [3.05, 3.63) is 29.6 Å². The van der Waals surface area contributed by atoms with Crippen LogP contribution >= 0.6 is 0 Å². The van der Waals surface area contributed by atoms with E-state index < -0.39 is 0 Å². The number of para-hydroxylation sites is 1. The van der Waals surface area contributed by atoms with Crippen molar-refractivity contribution < 1.29 is 9.13 Å². The van der Waals surface area contributed by atoms with Crippen molar-refractivity contribution >= 4 is 0 Å². The zero-order valence-electron chi connectivity index (χ0n) is 11.2. The predicted molar refractivity (Wildman–Crippen MR) is 71.3 cm³/mol. The number of hydrogen-bond acceptors (Lipinski definition) is 2. The minimum Gasteiger partial charge on any atom is -0.487 e. The lowest BCUT2D eigenvalue weighted by Gasteiger charge is -2.19. The zero-order valence-corrected chi connectivity index (χ0v) is 11.2. The minimum absolute atomic E-state index is 0.0987. The Hall–Kier alpha value is -1.09. The van der Waals surface area contributed by atoms with Crippen molar-refractivity contribution in [2.45, 2.75) is 58.2 Å². The first-order valence-corrected chi connectivity index (χ1v) is 6.92. The van der Waals surface area contributed by atoms with Gasteiger partial charge in [-0.15, -0.1) is 0 Å². The molecule has 1 aliphatic carbocycles. The molecule has 1 saturated carbocycles.